The highest BCUT2D eigenvalue weighted by Crippen LogP contribution is 2.36. The van der Waals surface area contributed by atoms with Crippen molar-refractivity contribution in [1.29, 1.82) is 0 Å². The lowest BCUT2D eigenvalue weighted by Crippen LogP contribution is -2.44. The molecule has 0 spiro atoms. The van der Waals surface area contributed by atoms with Crippen molar-refractivity contribution in [3.8, 4) is 5.75 Å². The van der Waals surface area contributed by atoms with Crippen molar-refractivity contribution in [2.75, 3.05) is 39.9 Å². The van der Waals surface area contributed by atoms with Crippen molar-refractivity contribution >= 4 is 29.9 Å². The lowest BCUT2D eigenvalue weighted by molar-refractivity contribution is -0.138. The highest BCUT2D eigenvalue weighted by Gasteiger charge is 2.34. The predicted octanol–water partition coefficient (Wildman–Crippen LogP) is 4.40. The molecular weight excluding hydrogens is 423 g/mol. The minimum atomic E-state index is 0. The maximum Gasteiger partial charge on any atom is 0.225 e. The van der Waals surface area contributed by atoms with Gasteiger partial charge >= 0.3 is 0 Å². The summed E-state index contributed by atoms with van der Waals surface area (Å²) in [5.41, 5.74) is 1.16. The maximum absolute atomic E-state index is 12.6. The molecular formula is C23H34Cl2N2O3. The summed E-state index contributed by atoms with van der Waals surface area (Å²) in [6, 6.07) is 6.13. The summed E-state index contributed by atoms with van der Waals surface area (Å²) in [6.45, 7) is 5.46. The van der Waals surface area contributed by atoms with Gasteiger partial charge in [-0.05, 0) is 69.2 Å². The molecule has 0 radical (unpaired) electrons. The average molecular weight is 457 g/mol. The monoisotopic (exact) mass is 456 g/mol. The molecule has 1 aromatic rings. The Morgan fingerprint density at radius 2 is 1.93 bits per heavy atom. The Morgan fingerprint density at radius 3 is 2.63 bits per heavy atom. The SMILES string of the molecule is CN(CC1CC(Oc2cccc(CN3CCCC3)c2Cl)C1)C(=O)C1CCOCC1.Cl. The normalized spacial score (nSPS) is 24.7. The molecule has 168 valence electrons. The zero-order valence-corrected chi connectivity index (χ0v) is 19.4. The fourth-order valence-electron chi connectivity index (χ4n) is 4.78. The minimum Gasteiger partial charge on any atom is -0.489 e. The van der Waals surface area contributed by atoms with Crippen LogP contribution in [0.2, 0.25) is 5.02 Å². The number of ether oxygens (including phenoxy) is 2. The molecule has 2 saturated heterocycles. The van der Waals surface area contributed by atoms with Gasteiger partial charge in [0.05, 0.1) is 11.1 Å². The zero-order valence-electron chi connectivity index (χ0n) is 17.9. The molecule has 7 heteroatoms. The number of carbonyl (C=O) groups is 1. The highest BCUT2D eigenvalue weighted by molar-refractivity contribution is 6.32. The molecule has 1 amide bonds. The van der Waals surface area contributed by atoms with E-state index in [-0.39, 0.29) is 30.3 Å². The summed E-state index contributed by atoms with van der Waals surface area (Å²) in [7, 11) is 1.94. The Hall–Kier alpha value is -1.01. The van der Waals surface area contributed by atoms with E-state index in [4.69, 9.17) is 21.1 Å². The van der Waals surface area contributed by atoms with E-state index in [9.17, 15) is 4.79 Å². The van der Waals surface area contributed by atoms with E-state index in [2.05, 4.69) is 11.0 Å². The molecule has 1 aromatic carbocycles. The van der Waals surface area contributed by atoms with Crippen LogP contribution in [0.15, 0.2) is 18.2 Å². The molecule has 3 aliphatic rings. The van der Waals surface area contributed by atoms with Gasteiger partial charge in [-0.3, -0.25) is 9.69 Å². The number of halogens is 2. The van der Waals surface area contributed by atoms with Crippen LogP contribution in [0.3, 0.4) is 0 Å². The third-order valence-corrected chi connectivity index (χ3v) is 7.03. The smallest absolute Gasteiger partial charge is 0.225 e. The Labute approximate surface area is 191 Å². The lowest BCUT2D eigenvalue weighted by Gasteiger charge is -2.38. The van der Waals surface area contributed by atoms with E-state index in [1.807, 2.05) is 24.1 Å². The molecule has 4 rings (SSSR count). The minimum absolute atomic E-state index is 0. The van der Waals surface area contributed by atoms with Gasteiger partial charge in [-0.2, -0.15) is 0 Å². The van der Waals surface area contributed by atoms with Crippen molar-refractivity contribution in [1.82, 2.24) is 9.80 Å². The standard InChI is InChI=1S/C23H33ClN2O3.ClH/c1-25(23(27)18-7-11-28-12-8-18)15-17-13-20(14-17)29-21-6-4-5-19(22(21)24)16-26-9-2-3-10-26;/h4-6,17-18,20H,2-3,7-16H2,1H3;1H. The highest BCUT2D eigenvalue weighted by atomic mass is 35.5. The van der Waals surface area contributed by atoms with Crippen LogP contribution in [-0.4, -0.2) is 61.7 Å². The summed E-state index contributed by atoms with van der Waals surface area (Å²) in [5.74, 6) is 1.73. The van der Waals surface area contributed by atoms with Gasteiger partial charge in [0, 0.05) is 39.3 Å². The van der Waals surface area contributed by atoms with Crippen LogP contribution in [-0.2, 0) is 16.1 Å². The third-order valence-electron chi connectivity index (χ3n) is 6.60. The first kappa shape index (κ1) is 23.6. The summed E-state index contributed by atoms with van der Waals surface area (Å²) in [6.07, 6.45) is 6.44. The molecule has 5 nitrogen and oxygen atoms in total. The third kappa shape index (κ3) is 5.82. The number of likely N-dealkylation sites (tertiary alicyclic amines) is 1. The van der Waals surface area contributed by atoms with Crippen LogP contribution in [0, 0.1) is 11.8 Å². The zero-order chi connectivity index (χ0) is 20.2. The van der Waals surface area contributed by atoms with E-state index in [1.54, 1.807) is 0 Å². The number of nitrogens with zero attached hydrogens (tertiary/aromatic N) is 2. The Bertz CT molecular complexity index is 700. The van der Waals surface area contributed by atoms with Crippen molar-refractivity contribution in [2.24, 2.45) is 11.8 Å². The molecule has 0 N–H and O–H groups in total. The van der Waals surface area contributed by atoms with Crippen LogP contribution >= 0.6 is 24.0 Å². The van der Waals surface area contributed by atoms with E-state index >= 15 is 0 Å². The van der Waals surface area contributed by atoms with Gasteiger partial charge in [0.25, 0.3) is 0 Å². The Balaban J connectivity index is 0.00000256. The van der Waals surface area contributed by atoms with Gasteiger partial charge in [0.2, 0.25) is 5.91 Å². The number of hydrogen-bond donors (Lipinski definition) is 0. The quantitative estimate of drug-likeness (QED) is 0.609. The molecule has 2 heterocycles. The summed E-state index contributed by atoms with van der Waals surface area (Å²) < 4.78 is 11.6. The number of benzene rings is 1. The van der Waals surface area contributed by atoms with E-state index in [1.165, 1.54) is 12.8 Å². The molecule has 0 bridgehead atoms. The second kappa shape index (κ2) is 11.0. The molecule has 3 fully saturated rings. The first-order chi connectivity index (χ1) is 14.1. The Kier molecular flexibility index (Phi) is 8.70. The summed E-state index contributed by atoms with van der Waals surface area (Å²) in [4.78, 5) is 17.0. The van der Waals surface area contributed by atoms with E-state index in [0.717, 1.165) is 68.2 Å². The lowest BCUT2D eigenvalue weighted by atomic mass is 9.81. The van der Waals surface area contributed by atoms with Gasteiger partial charge in [-0.1, -0.05) is 23.7 Å². The van der Waals surface area contributed by atoms with Gasteiger partial charge in [-0.25, -0.2) is 0 Å². The van der Waals surface area contributed by atoms with E-state index in [0.29, 0.717) is 19.1 Å². The molecule has 0 aromatic heterocycles. The number of rotatable bonds is 7. The van der Waals surface area contributed by atoms with Crippen molar-refractivity contribution in [2.45, 2.75) is 51.2 Å². The number of carbonyl (C=O) groups excluding carboxylic acids is 1. The fraction of sp³-hybridized carbons (Fsp3) is 0.696. The van der Waals surface area contributed by atoms with Crippen molar-refractivity contribution in [3.63, 3.8) is 0 Å². The van der Waals surface area contributed by atoms with Crippen LogP contribution in [0.4, 0.5) is 0 Å². The predicted molar refractivity (Wildman–Crippen MR) is 122 cm³/mol. The van der Waals surface area contributed by atoms with Gasteiger partial charge < -0.3 is 14.4 Å². The Morgan fingerprint density at radius 1 is 1.23 bits per heavy atom. The molecule has 0 unspecified atom stereocenters. The van der Waals surface area contributed by atoms with Crippen LogP contribution < -0.4 is 4.74 Å². The molecule has 2 aliphatic heterocycles. The van der Waals surface area contributed by atoms with Crippen LogP contribution in [0.25, 0.3) is 0 Å². The second-order valence-corrected chi connectivity index (χ2v) is 9.27. The average Bonchev–Trinajstić information content (AvgIpc) is 3.22. The van der Waals surface area contributed by atoms with Crippen LogP contribution in [0.5, 0.6) is 5.75 Å². The summed E-state index contributed by atoms with van der Waals surface area (Å²) in [5, 5.41) is 0.759. The molecule has 0 atom stereocenters. The largest absolute Gasteiger partial charge is 0.489 e. The topological polar surface area (TPSA) is 42.0 Å². The second-order valence-electron chi connectivity index (χ2n) is 8.90. The van der Waals surface area contributed by atoms with Crippen LogP contribution in [0.1, 0.15) is 44.1 Å². The van der Waals surface area contributed by atoms with Gasteiger partial charge in [0.15, 0.2) is 0 Å². The molecule has 1 aliphatic carbocycles. The maximum atomic E-state index is 12.6. The fourth-order valence-corrected chi connectivity index (χ4v) is 5.01. The first-order valence-electron chi connectivity index (χ1n) is 11.1. The van der Waals surface area contributed by atoms with Crippen molar-refractivity contribution < 1.29 is 14.3 Å². The molecule has 1 saturated carbocycles. The number of hydrogen-bond acceptors (Lipinski definition) is 4. The van der Waals surface area contributed by atoms with Gasteiger partial charge in [0.1, 0.15) is 5.75 Å². The first-order valence-corrected chi connectivity index (χ1v) is 11.5. The molecule has 30 heavy (non-hydrogen) atoms. The number of amides is 1. The summed E-state index contributed by atoms with van der Waals surface area (Å²) >= 11 is 6.65. The van der Waals surface area contributed by atoms with Gasteiger partial charge in [-0.15, -0.1) is 12.4 Å². The van der Waals surface area contributed by atoms with Crippen molar-refractivity contribution in [3.05, 3.63) is 28.8 Å². The van der Waals surface area contributed by atoms with E-state index < -0.39 is 0 Å².